The maximum absolute atomic E-state index is 11.6. The molecule has 0 saturated carbocycles. The van der Waals surface area contributed by atoms with E-state index in [1.165, 1.54) is 0 Å². The van der Waals surface area contributed by atoms with Crippen LogP contribution in [-0.4, -0.2) is 38.3 Å². The summed E-state index contributed by atoms with van der Waals surface area (Å²) in [6, 6.07) is 2.00. The molecule has 8 heteroatoms. The van der Waals surface area contributed by atoms with E-state index in [1.54, 1.807) is 19.2 Å². The average molecular weight is 366 g/mol. The van der Waals surface area contributed by atoms with Gasteiger partial charge in [0.15, 0.2) is 0 Å². The van der Waals surface area contributed by atoms with Crippen molar-refractivity contribution < 1.29 is 13.2 Å². The van der Waals surface area contributed by atoms with Gasteiger partial charge in [-0.1, -0.05) is 13.8 Å². The van der Waals surface area contributed by atoms with Gasteiger partial charge in [-0.15, -0.1) is 0 Å². The van der Waals surface area contributed by atoms with Crippen molar-refractivity contribution in [3.05, 3.63) is 16.7 Å². The maximum Gasteiger partial charge on any atom is 0.238 e. The number of rotatable bonds is 8. The summed E-state index contributed by atoms with van der Waals surface area (Å²) >= 11 is 3.26. The highest BCUT2D eigenvalue weighted by molar-refractivity contribution is 9.10. The second-order valence-corrected chi connectivity index (χ2v) is 7.40. The maximum atomic E-state index is 11.6. The molecule has 0 saturated heterocycles. The first-order valence-corrected chi connectivity index (χ1v) is 8.81. The monoisotopic (exact) mass is 365 g/mol. The Morgan fingerprint density at radius 1 is 1.45 bits per heavy atom. The number of hydrogen-bond acceptors (Lipinski definition) is 5. The second-order valence-electron chi connectivity index (χ2n) is 4.47. The summed E-state index contributed by atoms with van der Waals surface area (Å²) in [5.74, 6) is 0.268. The SMILES string of the molecule is CCS(=O)(=O)Nc1cc(Br)cnc1OCCNC(C)C. The summed E-state index contributed by atoms with van der Waals surface area (Å²) < 4.78 is 31.9. The van der Waals surface area contributed by atoms with Crippen LogP contribution in [0.3, 0.4) is 0 Å². The van der Waals surface area contributed by atoms with Gasteiger partial charge in [0.1, 0.15) is 12.3 Å². The van der Waals surface area contributed by atoms with E-state index in [1.807, 2.05) is 13.8 Å². The zero-order valence-electron chi connectivity index (χ0n) is 11.8. The first-order valence-electron chi connectivity index (χ1n) is 6.36. The predicted molar refractivity (Wildman–Crippen MR) is 83.7 cm³/mol. The first-order chi connectivity index (χ1) is 9.34. The predicted octanol–water partition coefficient (Wildman–Crippen LogP) is 1.98. The quantitative estimate of drug-likeness (QED) is 0.688. The lowest BCUT2D eigenvalue weighted by atomic mass is 10.4. The fourth-order valence-electron chi connectivity index (χ4n) is 1.35. The third-order valence-electron chi connectivity index (χ3n) is 2.36. The molecule has 20 heavy (non-hydrogen) atoms. The van der Waals surface area contributed by atoms with Crippen LogP contribution >= 0.6 is 15.9 Å². The molecule has 0 bridgehead atoms. The van der Waals surface area contributed by atoms with Gasteiger partial charge in [-0.25, -0.2) is 13.4 Å². The van der Waals surface area contributed by atoms with Gasteiger partial charge in [-0.2, -0.15) is 0 Å². The zero-order chi connectivity index (χ0) is 15.2. The number of nitrogens with one attached hydrogen (secondary N) is 2. The van der Waals surface area contributed by atoms with Gasteiger partial charge in [0.25, 0.3) is 0 Å². The van der Waals surface area contributed by atoms with Crippen LogP contribution in [-0.2, 0) is 10.0 Å². The van der Waals surface area contributed by atoms with Gasteiger partial charge in [0, 0.05) is 23.3 Å². The van der Waals surface area contributed by atoms with Crippen molar-refractivity contribution in [1.29, 1.82) is 0 Å². The second kappa shape index (κ2) is 7.80. The third kappa shape index (κ3) is 6.06. The van der Waals surface area contributed by atoms with E-state index in [-0.39, 0.29) is 11.6 Å². The Bertz CT molecular complexity index is 535. The lowest BCUT2D eigenvalue weighted by molar-refractivity contribution is 0.299. The van der Waals surface area contributed by atoms with Crippen molar-refractivity contribution in [3.63, 3.8) is 0 Å². The number of hydrogen-bond donors (Lipinski definition) is 2. The molecule has 0 aliphatic heterocycles. The third-order valence-corrected chi connectivity index (χ3v) is 4.08. The van der Waals surface area contributed by atoms with Crippen molar-refractivity contribution in [2.45, 2.75) is 26.8 Å². The van der Waals surface area contributed by atoms with E-state index in [9.17, 15) is 8.42 Å². The van der Waals surface area contributed by atoms with E-state index < -0.39 is 10.0 Å². The lowest BCUT2D eigenvalue weighted by Crippen LogP contribution is -2.27. The summed E-state index contributed by atoms with van der Waals surface area (Å²) in [4.78, 5) is 4.09. The summed E-state index contributed by atoms with van der Waals surface area (Å²) in [5, 5.41) is 3.21. The fraction of sp³-hybridized carbons (Fsp3) is 0.583. The molecular formula is C12H20BrN3O3S. The molecule has 0 aliphatic rings. The molecule has 1 rings (SSSR count). The number of ether oxygens (including phenoxy) is 1. The molecule has 0 unspecified atom stereocenters. The highest BCUT2D eigenvalue weighted by Crippen LogP contribution is 2.26. The minimum atomic E-state index is -3.36. The summed E-state index contributed by atoms with van der Waals surface area (Å²) in [6.07, 6.45) is 1.56. The van der Waals surface area contributed by atoms with E-state index >= 15 is 0 Å². The van der Waals surface area contributed by atoms with Gasteiger partial charge in [0.2, 0.25) is 15.9 Å². The van der Waals surface area contributed by atoms with Crippen LogP contribution < -0.4 is 14.8 Å². The Balaban J connectivity index is 2.75. The van der Waals surface area contributed by atoms with E-state index in [0.717, 1.165) is 0 Å². The number of pyridine rings is 1. The van der Waals surface area contributed by atoms with Crippen LogP contribution in [0.2, 0.25) is 0 Å². The highest BCUT2D eigenvalue weighted by atomic mass is 79.9. The van der Waals surface area contributed by atoms with Crippen LogP contribution in [0.1, 0.15) is 20.8 Å². The largest absolute Gasteiger partial charge is 0.475 e. The van der Waals surface area contributed by atoms with Crippen molar-refractivity contribution >= 4 is 31.6 Å². The van der Waals surface area contributed by atoms with Crippen LogP contribution in [0.5, 0.6) is 5.88 Å². The summed E-state index contributed by atoms with van der Waals surface area (Å²) in [5.41, 5.74) is 0.339. The number of sulfonamides is 1. The normalized spacial score (nSPS) is 11.7. The molecule has 0 aromatic carbocycles. The Morgan fingerprint density at radius 3 is 2.75 bits per heavy atom. The molecule has 0 fully saturated rings. The minimum absolute atomic E-state index is 0.00609. The van der Waals surface area contributed by atoms with Crippen LogP contribution in [0.4, 0.5) is 5.69 Å². The van der Waals surface area contributed by atoms with Gasteiger partial charge >= 0.3 is 0 Å². The van der Waals surface area contributed by atoms with E-state index in [4.69, 9.17) is 4.74 Å². The van der Waals surface area contributed by atoms with Crippen molar-refractivity contribution in [2.75, 3.05) is 23.6 Å². The highest BCUT2D eigenvalue weighted by Gasteiger charge is 2.13. The fourth-order valence-corrected chi connectivity index (χ4v) is 2.31. The van der Waals surface area contributed by atoms with E-state index in [0.29, 0.717) is 29.4 Å². The van der Waals surface area contributed by atoms with Gasteiger partial charge < -0.3 is 10.1 Å². The molecule has 1 aromatic heterocycles. The molecule has 6 nitrogen and oxygen atoms in total. The summed E-state index contributed by atoms with van der Waals surface area (Å²) in [6.45, 7) is 6.72. The van der Waals surface area contributed by atoms with Crippen LogP contribution in [0, 0.1) is 0 Å². The molecule has 2 N–H and O–H groups in total. The number of anilines is 1. The minimum Gasteiger partial charge on any atom is -0.475 e. The molecule has 0 spiro atoms. The van der Waals surface area contributed by atoms with Crippen molar-refractivity contribution in [3.8, 4) is 5.88 Å². The Hall–Kier alpha value is -0.860. The lowest BCUT2D eigenvalue weighted by Gasteiger charge is -2.13. The first kappa shape index (κ1) is 17.2. The molecule has 114 valence electrons. The number of nitrogens with zero attached hydrogens (tertiary/aromatic N) is 1. The Morgan fingerprint density at radius 2 is 2.15 bits per heavy atom. The molecule has 0 atom stereocenters. The summed E-state index contributed by atoms with van der Waals surface area (Å²) in [7, 11) is -3.36. The zero-order valence-corrected chi connectivity index (χ0v) is 14.2. The Kier molecular flexibility index (Phi) is 6.70. The van der Waals surface area contributed by atoms with Gasteiger partial charge in [0.05, 0.1) is 5.75 Å². The van der Waals surface area contributed by atoms with Crippen molar-refractivity contribution in [1.82, 2.24) is 10.3 Å². The molecule has 0 radical (unpaired) electrons. The van der Waals surface area contributed by atoms with Gasteiger partial charge in [-0.05, 0) is 28.9 Å². The molecule has 1 heterocycles. The molecular weight excluding hydrogens is 346 g/mol. The average Bonchev–Trinajstić information content (AvgIpc) is 2.36. The number of aromatic nitrogens is 1. The van der Waals surface area contributed by atoms with E-state index in [2.05, 4.69) is 31.0 Å². The van der Waals surface area contributed by atoms with Gasteiger partial charge in [-0.3, -0.25) is 4.72 Å². The van der Waals surface area contributed by atoms with Crippen molar-refractivity contribution in [2.24, 2.45) is 0 Å². The Labute approximate surface area is 128 Å². The number of halogens is 1. The molecule has 0 amide bonds. The standard InChI is InChI=1S/C12H20BrN3O3S/c1-4-20(17,18)16-11-7-10(13)8-15-12(11)19-6-5-14-9(2)3/h7-9,14,16H,4-6H2,1-3H3. The van der Waals surface area contributed by atoms with Crippen LogP contribution in [0.15, 0.2) is 16.7 Å². The molecule has 1 aromatic rings. The smallest absolute Gasteiger partial charge is 0.238 e. The van der Waals surface area contributed by atoms with Crippen LogP contribution in [0.25, 0.3) is 0 Å². The topological polar surface area (TPSA) is 80.3 Å². The molecule has 0 aliphatic carbocycles.